The molecule has 1 aromatic heterocycles. The van der Waals surface area contributed by atoms with Crippen molar-refractivity contribution in [1.29, 1.82) is 0 Å². The smallest absolute Gasteiger partial charge is 0.341 e. The number of ether oxygens (including phenoxy) is 1. The van der Waals surface area contributed by atoms with E-state index in [1.807, 2.05) is 6.92 Å². The molecule has 122 valence electrons. The zero-order chi connectivity index (χ0) is 17.1. The molecule has 0 bridgehead atoms. The van der Waals surface area contributed by atoms with E-state index in [4.69, 9.17) is 4.74 Å². The highest BCUT2D eigenvalue weighted by atomic mass is 79.9. The van der Waals surface area contributed by atoms with E-state index in [9.17, 15) is 14.0 Å². The lowest BCUT2D eigenvalue weighted by molar-refractivity contribution is 0.0527. The van der Waals surface area contributed by atoms with Crippen LogP contribution in [0.5, 0.6) is 0 Å². The van der Waals surface area contributed by atoms with Crippen molar-refractivity contribution in [3.05, 3.63) is 50.1 Å². The molecule has 23 heavy (non-hydrogen) atoms. The Morgan fingerprint density at radius 3 is 2.70 bits per heavy atom. The van der Waals surface area contributed by atoms with Crippen LogP contribution in [0.3, 0.4) is 0 Å². The van der Waals surface area contributed by atoms with Gasteiger partial charge < -0.3 is 10.1 Å². The predicted molar refractivity (Wildman–Crippen MR) is 91.8 cm³/mol. The van der Waals surface area contributed by atoms with E-state index >= 15 is 0 Å². The highest BCUT2D eigenvalue weighted by Crippen LogP contribution is 2.33. The number of anilines is 1. The fourth-order valence-electron chi connectivity index (χ4n) is 2.01. The van der Waals surface area contributed by atoms with Crippen molar-refractivity contribution in [2.75, 3.05) is 11.9 Å². The number of thiophene rings is 1. The second-order valence-corrected chi connectivity index (χ2v) is 6.93. The van der Waals surface area contributed by atoms with E-state index in [-0.39, 0.29) is 12.2 Å². The minimum Gasteiger partial charge on any atom is -0.462 e. The first-order valence-corrected chi connectivity index (χ1v) is 8.49. The van der Waals surface area contributed by atoms with Crippen LogP contribution in [-0.2, 0) is 4.74 Å². The minimum atomic E-state index is -0.631. The van der Waals surface area contributed by atoms with Gasteiger partial charge in [-0.05, 0) is 44.5 Å². The van der Waals surface area contributed by atoms with Crippen molar-refractivity contribution >= 4 is 44.1 Å². The molecule has 0 saturated heterocycles. The Labute approximate surface area is 145 Å². The Balaban J connectivity index is 2.36. The van der Waals surface area contributed by atoms with Gasteiger partial charge in [0.1, 0.15) is 10.8 Å². The number of carbonyl (C=O) groups excluding carboxylic acids is 2. The van der Waals surface area contributed by atoms with Crippen LogP contribution in [0.2, 0.25) is 0 Å². The van der Waals surface area contributed by atoms with E-state index in [0.717, 1.165) is 10.4 Å². The molecule has 0 aliphatic rings. The van der Waals surface area contributed by atoms with Crippen molar-refractivity contribution in [2.45, 2.75) is 20.8 Å². The fraction of sp³-hybridized carbons (Fsp3) is 0.250. The molecule has 0 spiro atoms. The Morgan fingerprint density at radius 1 is 1.35 bits per heavy atom. The fourth-order valence-corrected chi connectivity index (χ4v) is 3.41. The number of rotatable bonds is 4. The number of hydrogen-bond donors (Lipinski definition) is 1. The van der Waals surface area contributed by atoms with Crippen molar-refractivity contribution < 1.29 is 18.7 Å². The van der Waals surface area contributed by atoms with E-state index in [2.05, 4.69) is 21.2 Å². The molecular formula is C16H15BrFNO3S. The van der Waals surface area contributed by atoms with Crippen LogP contribution in [0.4, 0.5) is 9.39 Å². The maximum absolute atomic E-state index is 13.8. The van der Waals surface area contributed by atoms with E-state index in [1.54, 1.807) is 13.8 Å². The van der Waals surface area contributed by atoms with Gasteiger partial charge >= 0.3 is 5.97 Å². The summed E-state index contributed by atoms with van der Waals surface area (Å²) in [5.41, 5.74) is 0.967. The lowest BCUT2D eigenvalue weighted by Gasteiger charge is -2.08. The monoisotopic (exact) mass is 399 g/mol. The lowest BCUT2D eigenvalue weighted by atomic mass is 10.1. The molecule has 1 heterocycles. The summed E-state index contributed by atoms with van der Waals surface area (Å²) in [4.78, 5) is 25.3. The number of nitrogens with one attached hydrogen (secondary N) is 1. The standard InChI is InChI=1S/C16H15BrFNO3S/c1-4-22-16(21)13-8(2)9(3)23-15(13)19-14(20)11-7-10(17)5-6-12(11)18/h5-7H,4H2,1-3H3,(H,19,20). The number of amides is 1. The summed E-state index contributed by atoms with van der Waals surface area (Å²) in [6.07, 6.45) is 0. The van der Waals surface area contributed by atoms with Gasteiger partial charge in [-0.1, -0.05) is 15.9 Å². The molecule has 0 unspecified atom stereocenters. The number of halogens is 2. The van der Waals surface area contributed by atoms with Crippen LogP contribution in [0.25, 0.3) is 0 Å². The van der Waals surface area contributed by atoms with Crippen molar-refractivity contribution in [1.82, 2.24) is 0 Å². The number of hydrogen-bond acceptors (Lipinski definition) is 4. The average Bonchev–Trinajstić information content (AvgIpc) is 2.76. The van der Waals surface area contributed by atoms with Gasteiger partial charge in [0.25, 0.3) is 5.91 Å². The van der Waals surface area contributed by atoms with Gasteiger partial charge in [0.15, 0.2) is 0 Å². The predicted octanol–water partition coefficient (Wildman–Crippen LogP) is 4.70. The van der Waals surface area contributed by atoms with Crippen LogP contribution in [0.15, 0.2) is 22.7 Å². The normalized spacial score (nSPS) is 10.5. The molecular weight excluding hydrogens is 385 g/mol. The second-order valence-electron chi connectivity index (χ2n) is 4.79. The summed E-state index contributed by atoms with van der Waals surface area (Å²) in [7, 11) is 0. The molecule has 0 aliphatic carbocycles. The van der Waals surface area contributed by atoms with E-state index in [0.29, 0.717) is 15.0 Å². The lowest BCUT2D eigenvalue weighted by Crippen LogP contribution is -2.16. The van der Waals surface area contributed by atoms with Crippen molar-refractivity contribution in [3.63, 3.8) is 0 Å². The minimum absolute atomic E-state index is 0.0992. The summed E-state index contributed by atoms with van der Waals surface area (Å²) in [6.45, 7) is 5.58. The third-order valence-electron chi connectivity index (χ3n) is 3.26. The molecule has 0 fully saturated rings. The SMILES string of the molecule is CCOC(=O)c1c(NC(=O)c2cc(Br)ccc2F)sc(C)c1C. The Bertz CT molecular complexity index is 773. The maximum Gasteiger partial charge on any atom is 0.341 e. The molecule has 0 radical (unpaired) electrons. The van der Waals surface area contributed by atoms with Crippen LogP contribution >= 0.6 is 27.3 Å². The first-order chi connectivity index (χ1) is 10.8. The Kier molecular flexibility index (Phi) is 5.54. The highest BCUT2D eigenvalue weighted by molar-refractivity contribution is 9.10. The van der Waals surface area contributed by atoms with Gasteiger partial charge in [-0.15, -0.1) is 11.3 Å². The quantitative estimate of drug-likeness (QED) is 0.758. The van der Waals surface area contributed by atoms with Crippen LogP contribution in [-0.4, -0.2) is 18.5 Å². The molecule has 1 aromatic carbocycles. The molecule has 0 aliphatic heterocycles. The van der Waals surface area contributed by atoms with Gasteiger partial charge in [0.05, 0.1) is 17.7 Å². The summed E-state index contributed by atoms with van der Waals surface area (Å²) in [5.74, 6) is -1.75. The van der Waals surface area contributed by atoms with Gasteiger partial charge in [0, 0.05) is 9.35 Å². The first-order valence-electron chi connectivity index (χ1n) is 6.88. The first kappa shape index (κ1) is 17.6. The molecule has 0 saturated carbocycles. The van der Waals surface area contributed by atoms with Crippen LogP contribution in [0, 0.1) is 19.7 Å². The average molecular weight is 400 g/mol. The number of carbonyl (C=O) groups is 2. The largest absolute Gasteiger partial charge is 0.462 e. The van der Waals surface area contributed by atoms with Gasteiger partial charge in [-0.25, -0.2) is 9.18 Å². The molecule has 7 heteroatoms. The van der Waals surface area contributed by atoms with Crippen LogP contribution in [0.1, 0.15) is 38.1 Å². The maximum atomic E-state index is 13.8. The summed E-state index contributed by atoms with van der Waals surface area (Å²) >= 11 is 4.47. The number of aryl methyl sites for hydroxylation is 1. The third kappa shape index (κ3) is 3.79. The van der Waals surface area contributed by atoms with Gasteiger partial charge in [-0.3, -0.25) is 4.79 Å². The van der Waals surface area contributed by atoms with Crippen molar-refractivity contribution in [3.8, 4) is 0 Å². The Hall–Kier alpha value is -1.73. The van der Waals surface area contributed by atoms with Crippen LogP contribution < -0.4 is 5.32 Å². The number of benzene rings is 1. The topological polar surface area (TPSA) is 55.4 Å². The Morgan fingerprint density at radius 2 is 2.04 bits per heavy atom. The zero-order valence-corrected chi connectivity index (χ0v) is 15.2. The molecule has 0 atom stereocenters. The molecule has 2 aromatic rings. The third-order valence-corrected chi connectivity index (χ3v) is 4.88. The van der Waals surface area contributed by atoms with Gasteiger partial charge in [-0.2, -0.15) is 0 Å². The second kappa shape index (κ2) is 7.23. The molecule has 1 N–H and O–H groups in total. The zero-order valence-electron chi connectivity index (χ0n) is 12.8. The van der Waals surface area contributed by atoms with Gasteiger partial charge in [0.2, 0.25) is 0 Å². The van der Waals surface area contributed by atoms with E-state index < -0.39 is 17.7 Å². The van der Waals surface area contributed by atoms with E-state index in [1.165, 1.54) is 29.5 Å². The summed E-state index contributed by atoms with van der Waals surface area (Å²) in [5, 5.41) is 2.98. The molecule has 2 rings (SSSR count). The van der Waals surface area contributed by atoms with Crippen molar-refractivity contribution in [2.24, 2.45) is 0 Å². The summed E-state index contributed by atoms with van der Waals surface area (Å²) < 4.78 is 19.4. The number of esters is 1. The summed E-state index contributed by atoms with van der Waals surface area (Å²) in [6, 6.07) is 4.10. The molecule has 4 nitrogen and oxygen atoms in total. The molecule has 1 amide bonds. The highest BCUT2D eigenvalue weighted by Gasteiger charge is 2.23.